The van der Waals surface area contributed by atoms with Crippen LogP contribution in [0, 0.1) is 11.7 Å². The van der Waals surface area contributed by atoms with Crippen molar-refractivity contribution in [3.63, 3.8) is 0 Å². The number of amidine groups is 2. The number of aliphatic imine (C=N–C) groups is 2. The Kier molecular flexibility index (Phi) is 21.2. The Hall–Kier alpha value is -8.86. The lowest BCUT2D eigenvalue weighted by molar-refractivity contribution is -0.142. The summed E-state index contributed by atoms with van der Waals surface area (Å²) in [5, 5.41) is 22.8. The van der Waals surface area contributed by atoms with Crippen LogP contribution >= 0.6 is 69.1 Å². The average Bonchev–Trinajstić information content (AvgIpc) is 1.29. The number of piperazine rings is 2. The van der Waals surface area contributed by atoms with E-state index in [1.54, 1.807) is 77.8 Å². The third kappa shape index (κ3) is 14.9. The van der Waals surface area contributed by atoms with Gasteiger partial charge < -0.3 is 39.9 Å². The van der Waals surface area contributed by atoms with Crippen molar-refractivity contribution in [1.29, 1.82) is 0 Å². The Morgan fingerprint density at radius 3 is 1.58 bits per heavy atom. The SMILES string of the molecule is COC(=O)C1=C(CN2CCN3C(=O)N(c4cc(F)cc(N5CCC(C(=O)O)CC5)c4)C[C@@H]3C2)NC(c2nccs2)=N[C@H]1c1ccc(Cl)cc1Cl.COC(=O)C1=C(CN2CCN3C(=O)N(c4ccc(-c5ccc(C(C)(C)C(C)=O)cc5)cn4)C[C@@H]3C2)NC(c2nccs2)=N[C@H]1c1ccc(Cl)cc1Cl. The van der Waals surface area contributed by atoms with Crippen LogP contribution < -0.4 is 25.3 Å². The van der Waals surface area contributed by atoms with E-state index in [0.717, 1.165) is 16.7 Å². The fourth-order valence-corrected chi connectivity index (χ4v) is 16.1. The molecule has 14 rings (SSSR count). The van der Waals surface area contributed by atoms with E-state index < -0.39 is 47.1 Å². The number of rotatable bonds is 17. The number of fused-ring (bicyclic) bond motifs is 2. The number of aromatic nitrogens is 3. The number of benzene rings is 4. The molecule has 0 bridgehead atoms. The summed E-state index contributed by atoms with van der Waals surface area (Å²) in [5.74, 6) is -1.04. The first kappa shape index (κ1) is 71.5. The zero-order valence-electron chi connectivity index (χ0n) is 56.1. The molecule has 530 valence electrons. The van der Waals surface area contributed by atoms with Gasteiger partial charge in [0.2, 0.25) is 0 Å². The van der Waals surface area contributed by atoms with Crippen molar-refractivity contribution >= 4 is 134 Å². The number of ketones is 1. The summed E-state index contributed by atoms with van der Waals surface area (Å²) in [6.07, 6.45) is 6.11. The monoisotopic (exact) mass is 1500 g/mol. The summed E-state index contributed by atoms with van der Waals surface area (Å²) < 4.78 is 25.5. The van der Waals surface area contributed by atoms with Gasteiger partial charge in [-0.25, -0.2) is 38.5 Å². The molecule has 3 aromatic heterocycles. The number of esters is 2. The molecule has 0 radical (unpaired) electrons. The summed E-state index contributed by atoms with van der Waals surface area (Å²) in [4.78, 5) is 114. The summed E-state index contributed by atoms with van der Waals surface area (Å²) in [5.41, 5.74) is 6.46. The maximum atomic E-state index is 15.0. The first-order valence-corrected chi connectivity index (χ1v) is 36.3. The topological polar surface area (TPSA) is 251 Å². The molecule has 0 aliphatic carbocycles. The Morgan fingerprint density at radius 2 is 1.12 bits per heavy atom. The Labute approximate surface area is 615 Å². The van der Waals surface area contributed by atoms with Crippen LogP contribution in [0.2, 0.25) is 20.1 Å². The number of thiazole rings is 2. The highest BCUT2D eigenvalue weighted by Gasteiger charge is 2.45. The predicted molar refractivity (Wildman–Crippen MR) is 392 cm³/mol. The second-order valence-corrected chi connectivity index (χ2v) is 29.6. The van der Waals surface area contributed by atoms with Crippen LogP contribution in [0.4, 0.5) is 31.2 Å². The van der Waals surface area contributed by atoms with Gasteiger partial charge in [0.1, 0.15) is 29.5 Å². The number of nitrogens with one attached hydrogen (secondary N) is 2. The first-order chi connectivity index (χ1) is 49.0. The Morgan fingerprint density at radius 1 is 0.618 bits per heavy atom. The van der Waals surface area contributed by atoms with Crippen LogP contribution in [0.1, 0.15) is 72.4 Å². The molecule has 0 saturated carbocycles. The van der Waals surface area contributed by atoms with Gasteiger partial charge in [-0.1, -0.05) is 82.8 Å². The average molecular weight is 1500 g/mol. The van der Waals surface area contributed by atoms with E-state index >= 15 is 0 Å². The smallest absolute Gasteiger partial charge is 0.338 e. The highest BCUT2D eigenvalue weighted by molar-refractivity contribution is 7.12. The van der Waals surface area contributed by atoms with Crippen molar-refractivity contribution in [1.82, 2.24) is 45.2 Å². The number of methoxy groups -OCH3 is 2. The fourth-order valence-electron chi connectivity index (χ4n) is 13.9. The van der Waals surface area contributed by atoms with Crippen molar-refractivity contribution < 1.29 is 47.7 Å². The minimum atomic E-state index is -0.811. The minimum Gasteiger partial charge on any atom is -0.481 e. The second kappa shape index (κ2) is 30.2. The lowest BCUT2D eigenvalue weighted by Crippen LogP contribution is -2.53. The molecule has 7 aliphatic rings. The van der Waals surface area contributed by atoms with E-state index in [0.29, 0.717) is 184 Å². The van der Waals surface area contributed by atoms with Gasteiger partial charge in [0.25, 0.3) is 0 Å². The van der Waals surface area contributed by atoms with Crippen LogP contribution in [0.15, 0.2) is 153 Å². The fraction of sp³-hybridized carbons (Fsp3) is 0.347. The number of carbonyl (C=O) groups excluding carboxylic acids is 5. The highest BCUT2D eigenvalue weighted by Crippen LogP contribution is 2.42. The number of pyridine rings is 1. The van der Waals surface area contributed by atoms with Crippen molar-refractivity contribution in [2.75, 3.05) is 107 Å². The van der Waals surface area contributed by atoms with Gasteiger partial charge in [0, 0.05) is 161 Å². The maximum absolute atomic E-state index is 15.0. The maximum Gasteiger partial charge on any atom is 0.338 e. The molecule has 5 fully saturated rings. The number of ether oxygens (including phenoxy) is 2. The Bertz CT molecular complexity index is 4540. The van der Waals surface area contributed by atoms with Crippen LogP contribution in [-0.2, 0) is 34.1 Å². The van der Waals surface area contributed by atoms with Crippen LogP contribution in [0.3, 0.4) is 0 Å². The highest BCUT2D eigenvalue weighted by atomic mass is 35.5. The second-order valence-electron chi connectivity index (χ2n) is 26.2. The van der Waals surface area contributed by atoms with Gasteiger partial charge in [-0.3, -0.25) is 39.2 Å². The molecule has 7 aliphatic heterocycles. The van der Waals surface area contributed by atoms with E-state index in [-0.39, 0.29) is 29.9 Å². The minimum absolute atomic E-state index is 0.0818. The Balaban J connectivity index is 0.000000182. The van der Waals surface area contributed by atoms with Crippen molar-refractivity contribution in [2.45, 2.75) is 63.2 Å². The number of carboxylic acids is 1. The molecule has 4 amide bonds. The number of hydrogen-bond donors (Lipinski definition) is 3. The first-order valence-electron chi connectivity index (χ1n) is 33.0. The molecular formula is C72H71Cl4FN14O9S2. The van der Waals surface area contributed by atoms with Gasteiger partial charge in [0.05, 0.1) is 55.6 Å². The largest absolute Gasteiger partial charge is 0.481 e. The lowest BCUT2D eigenvalue weighted by atomic mass is 9.81. The normalized spacial score (nSPS) is 20.5. The molecule has 23 nitrogen and oxygen atoms in total. The summed E-state index contributed by atoms with van der Waals surface area (Å²) in [6.45, 7) is 11.1. The standard InChI is InChI=1S/C38H37Cl2N7O4S.C34H34Cl2FN7O5S/c1-22(48)38(2,3)25-8-5-23(6-9-25)24-7-12-31(42-18-24)47-20-27-19-45(14-15-46(27)37(47)50)21-30-32(36(49)51-4)33(28-11-10-26(39)17-29(28)40)44-34(43-30)35-41-13-16-52-35;1-49-33(47)28-27(39-30(31-38-6-11-50-31)40-29(28)25-3-2-20(35)12-26(25)36)18-41-9-10-43-24(16-41)17-44(34(43)48)23-14-21(37)13-22(15-23)42-7-4-19(5-8-42)32(45)46/h5-13,16-18,27,33H,14-15,19-21H2,1-4H3,(H,43,44);2-3,6,11-15,19,24,29H,4-5,7-10,16-18H2,1H3,(H,39,40)(H,45,46)/t27-,33-;24-,29-/m00/s1. The number of hydrogen-bond acceptors (Lipinski definition) is 20. The van der Waals surface area contributed by atoms with E-state index in [1.165, 1.54) is 49.0 Å². The predicted octanol–water partition coefficient (Wildman–Crippen LogP) is 11.6. The molecule has 4 atom stereocenters. The van der Waals surface area contributed by atoms with Crippen LogP contribution in [0.25, 0.3) is 11.1 Å². The van der Waals surface area contributed by atoms with Gasteiger partial charge >= 0.3 is 30.0 Å². The van der Waals surface area contributed by atoms with Gasteiger partial charge in [-0.15, -0.1) is 22.7 Å². The number of anilines is 3. The number of aliphatic carboxylic acids is 1. The quantitative estimate of drug-likeness (QED) is 0.0717. The van der Waals surface area contributed by atoms with E-state index in [4.69, 9.17) is 65.9 Å². The molecule has 4 aromatic carbocycles. The molecule has 102 heavy (non-hydrogen) atoms. The van der Waals surface area contributed by atoms with E-state index in [1.807, 2.05) is 75.7 Å². The van der Waals surface area contributed by atoms with Gasteiger partial charge in [-0.2, -0.15) is 0 Å². The molecule has 10 heterocycles. The van der Waals surface area contributed by atoms with E-state index in [2.05, 4.69) is 35.4 Å². The molecule has 3 N–H and O–H groups in total. The lowest BCUT2D eigenvalue weighted by Gasteiger charge is -2.38. The third-order valence-corrected chi connectivity index (χ3v) is 22.4. The molecule has 0 unspecified atom stereocenters. The third-order valence-electron chi connectivity index (χ3n) is 19.7. The number of carboxylic acid groups (broad SMARTS) is 1. The van der Waals surface area contributed by atoms with E-state index in [9.17, 15) is 38.3 Å². The van der Waals surface area contributed by atoms with Crippen molar-refractivity contribution in [2.24, 2.45) is 15.9 Å². The molecule has 0 spiro atoms. The zero-order chi connectivity index (χ0) is 71.8. The summed E-state index contributed by atoms with van der Waals surface area (Å²) in [7, 11) is 2.67. The molecule has 7 aromatic rings. The molecule has 5 saturated heterocycles. The van der Waals surface area contributed by atoms with Crippen LogP contribution in [-0.4, -0.2) is 192 Å². The summed E-state index contributed by atoms with van der Waals surface area (Å²) in [6, 6.07) is 24.5. The number of carbonyl (C=O) groups is 6. The zero-order valence-corrected chi connectivity index (χ0v) is 60.8. The molecule has 30 heteroatoms. The number of piperidine rings is 1. The van der Waals surface area contributed by atoms with Crippen LogP contribution in [0.5, 0.6) is 0 Å². The number of amides is 4. The number of halogens is 5. The molecular weight excluding hydrogens is 1430 g/mol. The number of Topliss-reactive ketones (excluding diaryl/α,β-unsaturated/α-hetero) is 1. The number of urea groups is 2. The summed E-state index contributed by atoms with van der Waals surface area (Å²) >= 11 is 28.6. The van der Waals surface area contributed by atoms with Gasteiger partial charge in [0.15, 0.2) is 21.7 Å². The number of nitrogens with zero attached hydrogens (tertiary/aromatic N) is 12. The van der Waals surface area contributed by atoms with Crippen molar-refractivity contribution in [3.8, 4) is 11.1 Å². The van der Waals surface area contributed by atoms with Gasteiger partial charge in [-0.05, 0) is 99.3 Å². The van der Waals surface area contributed by atoms with Crippen molar-refractivity contribution in [3.05, 3.63) is 195 Å².